The highest BCUT2D eigenvalue weighted by molar-refractivity contribution is 5.80. The van der Waals surface area contributed by atoms with Gasteiger partial charge in [-0.2, -0.15) is 0 Å². The van der Waals surface area contributed by atoms with E-state index in [-0.39, 0.29) is 6.10 Å². The maximum absolute atomic E-state index is 5.53. The molecule has 2 unspecified atom stereocenters. The fourth-order valence-electron chi connectivity index (χ4n) is 1.81. The van der Waals surface area contributed by atoms with Crippen molar-refractivity contribution in [3.8, 4) is 0 Å². The smallest absolute Gasteiger partial charge is 0.191 e. The van der Waals surface area contributed by atoms with Crippen molar-refractivity contribution in [3.05, 3.63) is 35.9 Å². The molecule has 20 heavy (non-hydrogen) atoms. The van der Waals surface area contributed by atoms with Gasteiger partial charge in [-0.05, 0) is 25.8 Å². The predicted molar refractivity (Wildman–Crippen MR) is 85.1 cm³/mol. The third kappa shape index (κ3) is 5.61. The van der Waals surface area contributed by atoms with Crippen LogP contribution in [0.3, 0.4) is 0 Å². The van der Waals surface area contributed by atoms with Gasteiger partial charge in [-0.15, -0.1) is 0 Å². The summed E-state index contributed by atoms with van der Waals surface area (Å²) in [7, 11) is 1.72. The Kier molecular flexibility index (Phi) is 7.73. The number of aliphatic imine (C=N–C) groups is 1. The minimum Gasteiger partial charge on any atom is -0.375 e. The normalized spacial score (nSPS) is 14.7. The van der Waals surface area contributed by atoms with Crippen molar-refractivity contribution in [1.29, 1.82) is 0 Å². The number of methoxy groups -OCH3 is 1. The molecule has 0 aliphatic rings. The zero-order valence-electron chi connectivity index (χ0n) is 13.0. The Labute approximate surface area is 122 Å². The molecule has 0 saturated carbocycles. The molecule has 4 heteroatoms. The van der Waals surface area contributed by atoms with Crippen LogP contribution in [0.4, 0.5) is 0 Å². The van der Waals surface area contributed by atoms with Gasteiger partial charge in [-0.1, -0.05) is 37.3 Å². The van der Waals surface area contributed by atoms with Crippen LogP contribution in [-0.2, 0) is 4.74 Å². The standard InChI is InChI=1S/C16H27N3O/c1-5-13(3)19-16(17-6-2)18-12-15(20-4)14-10-8-7-9-11-14/h7-11,13,15H,5-6,12H2,1-4H3,(H2,17,18,19). The van der Waals surface area contributed by atoms with Crippen LogP contribution in [-0.4, -0.2) is 32.2 Å². The van der Waals surface area contributed by atoms with Crippen molar-refractivity contribution in [2.75, 3.05) is 20.2 Å². The quantitative estimate of drug-likeness (QED) is 0.595. The van der Waals surface area contributed by atoms with E-state index < -0.39 is 0 Å². The van der Waals surface area contributed by atoms with Gasteiger partial charge in [0.1, 0.15) is 6.10 Å². The molecule has 2 atom stereocenters. The summed E-state index contributed by atoms with van der Waals surface area (Å²) in [5.41, 5.74) is 1.15. The molecule has 0 spiro atoms. The number of hydrogen-bond acceptors (Lipinski definition) is 2. The molecule has 0 radical (unpaired) electrons. The van der Waals surface area contributed by atoms with Crippen LogP contribution in [0.2, 0.25) is 0 Å². The molecule has 0 amide bonds. The molecule has 2 N–H and O–H groups in total. The molecule has 1 rings (SSSR count). The Morgan fingerprint density at radius 1 is 1.25 bits per heavy atom. The second kappa shape index (κ2) is 9.37. The van der Waals surface area contributed by atoms with Crippen molar-refractivity contribution >= 4 is 5.96 Å². The van der Waals surface area contributed by atoms with Crippen LogP contribution < -0.4 is 10.6 Å². The number of rotatable bonds is 7. The average molecular weight is 277 g/mol. The first-order valence-electron chi connectivity index (χ1n) is 7.33. The summed E-state index contributed by atoms with van der Waals surface area (Å²) >= 11 is 0. The predicted octanol–water partition coefficient (Wildman–Crippen LogP) is 2.73. The fraction of sp³-hybridized carbons (Fsp3) is 0.562. The molecule has 0 heterocycles. The van der Waals surface area contributed by atoms with E-state index in [4.69, 9.17) is 4.74 Å². The zero-order chi connectivity index (χ0) is 14.8. The lowest BCUT2D eigenvalue weighted by atomic mass is 10.1. The molecule has 0 fully saturated rings. The third-order valence-electron chi connectivity index (χ3n) is 3.21. The Morgan fingerprint density at radius 3 is 2.50 bits per heavy atom. The molecule has 1 aromatic rings. The number of hydrogen-bond donors (Lipinski definition) is 2. The highest BCUT2D eigenvalue weighted by Gasteiger charge is 2.10. The highest BCUT2D eigenvalue weighted by Crippen LogP contribution is 2.16. The van der Waals surface area contributed by atoms with E-state index in [0.717, 1.165) is 24.5 Å². The van der Waals surface area contributed by atoms with Gasteiger partial charge in [0.15, 0.2) is 5.96 Å². The maximum Gasteiger partial charge on any atom is 0.191 e. The van der Waals surface area contributed by atoms with Crippen molar-refractivity contribution in [1.82, 2.24) is 10.6 Å². The average Bonchev–Trinajstić information content (AvgIpc) is 2.49. The topological polar surface area (TPSA) is 45.7 Å². The minimum atomic E-state index is -0.0106. The van der Waals surface area contributed by atoms with Crippen LogP contribution in [0.25, 0.3) is 0 Å². The largest absolute Gasteiger partial charge is 0.375 e. The van der Waals surface area contributed by atoms with E-state index in [1.807, 2.05) is 18.2 Å². The van der Waals surface area contributed by atoms with Gasteiger partial charge < -0.3 is 15.4 Å². The Balaban J connectivity index is 2.68. The molecular formula is C16H27N3O. The number of ether oxygens (including phenoxy) is 1. The van der Waals surface area contributed by atoms with E-state index >= 15 is 0 Å². The molecule has 0 bridgehead atoms. The molecular weight excluding hydrogens is 250 g/mol. The SMILES string of the molecule is CCNC(=NCC(OC)c1ccccc1)NC(C)CC. The monoisotopic (exact) mass is 277 g/mol. The first-order chi connectivity index (χ1) is 9.71. The maximum atomic E-state index is 5.53. The van der Waals surface area contributed by atoms with Gasteiger partial charge in [0.2, 0.25) is 0 Å². The molecule has 0 aliphatic heterocycles. The summed E-state index contributed by atoms with van der Waals surface area (Å²) in [6, 6.07) is 10.6. The summed E-state index contributed by atoms with van der Waals surface area (Å²) in [5.74, 6) is 0.847. The van der Waals surface area contributed by atoms with Crippen molar-refractivity contribution in [2.24, 2.45) is 4.99 Å². The van der Waals surface area contributed by atoms with Crippen LogP contribution in [0, 0.1) is 0 Å². The van der Waals surface area contributed by atoms with Gasteiger partial charge in [-0.25, -0.2) is 0 Å². The van der Waals surface area contributed by atoms with Crippen LogP contribution in [0.5, 0.6) is 0 Å². The molecule has 0 aliphatic carbocycles. The van der Waals surface area contributed by atoms with Gasteiger partial charge in [0, 0.05) is 19.7 Å². The first kappa shape index (κ1) is 16.5. The molecule has 112 valence electrons. The lowest BCUT2D eigenvalue weighted by molar-refractivity contribution is 0.111. The van der Waals surface area contributed by atoms with Crippen LogP contribution in [0.15, 0.2) is 35.3 Å². The summed E-state index contributed by atoms with van der Waals surface area (Å²) in [6.45, 7) is 7.83. The zero-order valence-corrected chi connectivity index (χ0v) is 13.0. The van der Waals surface area contributed by atoms with Gasteiger partial charge in [-0.3, -0.25) is 4.99 Å². The van der Waals surface area contributed by atoms with Gasteiger partial charge in [0.05, 0.1) is 6.54 Å². The first-order valence-corrected chi connectivity index (χ1v) is 7.33. The fourth-order valence-corrected chi connectivity index (χ4v) is 1.81. The Morgan fingerprint density at radius 2 is 1.95 bits per heavy atom. The van der Waals surface area contributed by atoms with Crippen molar-refractivity contribution in [3.63, 3.8) is 0 Å². The molecule has 4 nitrogen and oxygen atoms in total. The number of nitrogens with zero attached hydrogens (tertiary/aromatic N) is 1. The van der Waals surface area contributed by atoms with Gasteiger partial charge >= 0.3 is 0 Å². The Bertz CT molecular complexity index is 392. The molecule has 1 aromatic carbocycles. The van der Waals surface area contributed by atoms with E-state index in [9.17, 15) is 0 Å². The molecule has 0 aromatic heterocycles. The van der Waals surface area contributed by atoms with Gasteiger partial charge in [0.25, 0.3) is 0 Å². The van der Waals surface area contributed by atoms with E-state index in [2.05, 4.69) is 48.5 Å². The lowest BCUT2D eigenvalue weighted by Crippen LogP contribution is -2.42. The third-order valence-corrected chi connectivity index (χ3v) is 3.21. The number of nitrogens with one attached hydrogen (secondary N) is 2. The van der Waals surface area contributed by atoms with Crippen LogP contribution in [0.1, 0.15) is 38.9 Å². The van der Waals surface area contributed by atoms with E-state index in [1.54, 1.807) is 7.11 Å². The second-order valence-electron chi connectivity index (χ2n) is 4.81. The second-order valence-corrected chi connectivity index (χ2v) is 4.81. The summed E-state index contributed by atoms with van der Waals surface area (Å²) in [4.78, 5) is 4.62. The summed E-state index contributed by atoms with van der Waals surface area (Å²) in [6.07, 6.45) is 1.06. The minimum absolute atomic E-state index is 0.0106. The molecule has 0 saturated heterocycles. The van der Waals surface area contributed by atoms with E-state index in [1.165, 1.54) is 0 Å². The highest BCUT2D eigenvalue weighted by atomic mass is 16.5. The van der Waals surface area contributed by atoms with E-state index in [0.29, 0.717) is 12.6 Å². The summed E-state index contributed by atoms with van der Waals surface area (Å²) in [5, 5.41) is 6.64. The van der Waals surface area contributed by atoms with Crippen molar-refractivity contribution < 1.29 is 4.74 Å². The van der Waals surface area contributed by atoms with Crippen LogP contribution >= 0.6 is 0 Å². The summed E-state index contributed by atoms with van der Waals surface area (Å²) < 4.78 is 5.53. The Hall–Kier alpha value is -1.55. The van der Waals surface area contributed by atoms with Crippen molar-refractivity contribution in [2.45, 2.75) is 39.3 Å². The lowest BCUT2D eigenvalue weighted by Gasteiger charge is -2.18. The number of guanidine groups is 1. The number of benzene rings is 1.